The highest BCUT2D eigenvalue weighted by Gasteiger charge is 2.48. The van der Waals surface area contributed by atoms with Gasteiger partial charge in [-0.15, -0.1) is 0 Å². The van der Waals surface area contributed by atoms with E-state index in [2.05, 4.69) is 27.5 Å². The number of aliphatic carboxylic acids is 1. The molecule has 5 rings (SSSR count). The maximum Gasteiger partial charge on any atom is 0.335 e. The van der Waals surface area contributed by atoms with Crippen LogP contribution >= 0.6 is 0 Å². The number of nitrogens with zero attached hydrogens (tertiary/aromatic N) is 2. The molecule has 6 N–H and O–H groups in total. The molecule has 5 atom stereocenters. The second kappa shape index (κ2) is 15.0. The van der Waals surface area contributed by atoms with E-state index in [1.807, 2.05) is 12.1 Å². The second-order valence-corrected chi connectivity index (χ2v) is 11.5. The first-order chi connectivity index (χ1) is 23.0. The largest absolute Gasteiger partial charge is 0.494 e. The third kappa shape index (κ3) is 7.67. The van der Waals surface area contributed by atoms with E-state index in [9.17, 15) is 39.2 Å². The lowest BCUT2D eigenvalue weighted by atomic mass is 9.99. The molecule has 3 aromatic rings. The number of nitrogens with one attached hydrogen (secondary N) is 2. The van der Waals surface area contributed by atoms with Gasteiger partial charge < -0.3 is 55.1 Å². The Bertz CT molecular complexity index is 1640. The highest BCUT2D eigenvalue weighted by atomic mass is 19.1. The summed E-state index contributed by atoms with van der Waals surface area (Å²) < 4.78 is 30.3. The number of hydrogen-bond acceptors (Lipinski definition) is 11. The topological polar surface area (TPSA) is 190 Å². The van der Waals surface area contributed by atoms with Crippen LogP contribution in [0.2, 0.25) is 0 Å². The minimum atomic E-state index is -1.95. The highest BCUT2D eigenvalue weighted by Crippen LogP contribution is 2.36. The molecule has 0 saturated carbocycles. The van der Waals surface area contributed by atoms with Gasteiger partial charge in [0, 0.05) is 36.4 Å². The molecule has 2 fully saturated rings. The Kier molecular flexibility index (Phi) is 10.8. The van der Waals surface area contributed by atoms with Crippen LogP contribution in [0.3, 0.4) is 0 Å². The summed E-state index contributed by atoms with van der Waals surface area (Å²) >= 11 is 0. The summed E-state index contributed by atoms with van der Waals surface area (Å²) in [7, 11) is 3.35. The van der Waals surface area contributed by atoms with Gasteiger partial charge in [-0.25, -0.2) is 9.18 Å². The first-order valence-corrected chi connectivity index (χ1v) is 15.2. The van der Waals surface area contributed by atoms with Gasteiger partial charge in [-0.2, -0.15) is 0 Å². The second-order valence-electron chi connectivity index (χ2n) is 11.5. The summed E-state index contributed by atoms with van der Waals surface area (Å²) in [5.74, 6) is -4.01. The Morgan fingerprint density at radius 2 is 1.56 bits per heavy atom. The third-order valence-corrected chi connectivity index (χ3v) is 8.20. The number of carboxylic acids is 1. The average Bonchev–Trinajstić information content (AvgIpc) is 3.30. The number of amides is 2. The predicted molar refractivity (Wildman–Crippen MR) is 171 cm³/mol. The van der Waals surface area contributed by atoms with Gasteiger partial charge in [0.2, 0.25) is 6.29 Å². The fraction of sp³-hybridized carbons (Fsp3) is 0.364. The Morgan fingerprint density at radius 3 is 2.25 bits per heavy atom. The van der Waals surface area contributed by atoms with Gasteiger partial charge in [-0.1, -0.05) is 6.07 Å². The van der Waals surface area contributed by atoms with E-state index in [1.54, 1.807) is 12.1 Å². The molecule has 2 aliphatic rings. The van der Waals surface area contributed by atoms with Crippen LogP contribution in [0.25, 0.3) is 0 Å². The number of methoxy groups -OCH3 is 1. The molecule has 3 aromatic carbocycles. The van der Waals surface area contributed by atoms with E-state index in [0.29, 0.717) is 0 Å². The molecular weight excluding hydrogens is 631 g/mol. The molecule has 2 saturated heterocycles. The monoisotopic (exact) mass is 668 g/mol. The molecule has 0 spiro atoms. The van der Waals surface area contributed by atoms with Crippen molar-refractivity contribution in [2.75, 3.05) is 55.9 Å². The Hall–Kier alpha value is -4.80. The zero-order chi connectivity index (χ0) is 34.5. The fourth-order valence-corrected chi connectivity index (χ4v) is 5.45. The smallest absolute Gasteiger partial charge is 0.335 e. The van der Waals surface area contributed by atoms with Crippen LogP contribution in [0, 0.1) is 5.82 Å². The Morgan fingerprint density at radius 1 is 0.854 bits per heavy atom. The van der Waals surface area contributed by atoms with Crippen molar-refractivity contribution in [2.24, 2.45) is 0 Å². The van der Waals surface area contributed by atoms with Crippen molar-refractivity contribution < 1.29 is 53.4 Å². The highest BCUT2D eigenvalue weighted by molar-refractivity contribution is 6.11. The van der Waals surface area contributed by atoms with Gasteiger partial charge in [-0.05, 0) is 74.6 Å². The van der Waals surface area contributed by atoms with E-state index >= 15 is 0 Å². The molecule has 0 unspecified atom stereocenters. The molecule has 15 heteroatoms. The van der Waals surface area contributed by atoms with E-state index in [4.69, 9.17) is 14.2 Å². The van der Waals surface area contributed by atoms with Crippen LogP contribution in [0.15, 0.2) is 60.7 Å². The van der Waals surface area contributed by atoms with Crippen LogP contribution in [0.5, 0.6) is 11.5 Å². The number of rotatable bonds is 9. The number of halogens is 1. The van der Waals surface area contributed by atoms with Crippen LogP contribution < -0.4 is 25.0 Å². The summed E-state index contributed by atoms with van der Waals surface area (Å²) in [5, 5.41) is 45.7. The number of hydrogen-bond donors (Lipinski definition) is 6. The summed E-state index contributed by atoms with van der Waals surface area (Å²) in [4.78, 5) is 42.9. The predicted octanol–water partition coefficient (Wildman–Crippen LogP) is 1.75. The normalized spacial score (nSPS) is 23.1. The van der Waals surface area contributed by atoms with E-state index in [1.165, 1.54) is 37.4 Å². The van der Waals surface area contributed by atoms with Gasteiger partial charge in [-0.3, -0.25) is 9.59 Å². The van der Waals surface area contributed by atoms with Gasteiger partial charge in [0.1, 0.15) is 29.7 Å². The van der Waals surface area contributed by atoms with Crippen molar-refractivity contribution in [1.29, 1.82) is 0 Å². The van der Waals surface area contributed by atoms with Gasteiger partial charge in [0.25, 0.3) is 11.8 Å². The number of para-hydroxylation sites is 1. The molecule has 48 heavy (non-hydrogen) atoms. The lowest BCUT2D eigenvalue weighted by Crippen LogP contribution is -2.61. The summed E-state index contributed by atoms with van der Waals surface area (Å²) in [6.45, 7) is 3.59. The molecule has 2 amide bonds. The molecule has 0 aliphatic carbocycles. The van der Waals surface area contributed by atoms with E-state index in [0.717, 1.165) is 44.4 Å². The molecule has 2 aliphatic heterocycles. The number of anilines is 3. The molecule has 0 bridgehead atoms. The van der Waals surface area contributed by atoms with Gasteiger partial charge >= 0.3 is 5.97 Å². The van der Waals surface area contributed by atoms with Crippen molar-refractivity contribution in [3.63, 3.8) is 0 Å². The van der Waals surface area contributed by atoms with Crippen molar-refractivity contribution in [3.8, 4) is 11.5 Å². The van der Waals surface area contributed by atoms with E-state index < -0.39 is 54.3 Å². The summed E-state index contributed by atoms with van der Waals surface area (Å²) in [6, 6.07) is 14.7. The standard InChI is InChI=1S/C33H37FN4O10/c1-37-13-4-14-38(16-15-37)20-10-7-18(8-11-20)30(42)36-25-22(35-31(43)19-9-12-23(46-2)21(34)17-19)5-3-6-24(25)47-33-28(41)26(39)27(40)29(48-33)32(44)45/h3,5-12,17,26-29,33,39-41H,4,13-16H2,1-2H3,(H,35,43)(H,36,42)(H,44,45)/t26-,27-,28+,29-,33+/m0/s1. The molecule has 0 radical (unpaired) electrons. The number of carbonyl (C=O) groups excluding carboxylic acids is 2. The average molecular weight is 669 g/mol. The SMILES string of the molecule is COc1ccc(C(=O)Nc2cccc(O[C@@H]3O[C@H](C(=O)O)[C@@H](O)[C@H](O)[C@H]3O)c2NC(=O)c2ccc(N3CCCN(C)CC3)cc2)cc1F. The van der Waals surface area contributed by atoms with E-state index in [-0.39, 0.29) is 34.0 Å². The summed E-state index contributed by atoms with van der Waals surface area (Å²) in [5.41, 5.74) is 1.01. The van der Waals surface area contributed by atoms with Crippen LogP contribution in [0.1, 0.15) is 27.1 Å². The van der Waals surface area contributed by atoms with Gasteiger partial charge in [0.05, 0.1) is 12.8 Å². The van der Waals surface area contributed by atoms with Crippen molar-refractivity contribution in [2.45, 2.75) is 37.1 Å². The van der Waals surface area contributed by atoms with Crippen LogP contribution in [-0.4, -0.2) is 114 Å². The van der Waals surface area contributed by atoms with Crippen molar-refractivity contribution in [1.82, 2.24) is 4.90 Å². The number of carbonyl (C=O) groups is 3. The molecular formula is C33H37FN4O10. The number of ether oxygens (including phenoxy) is 3. The Balaban J connectivity index is 1.44. The minimum Gasteiger partial charge on any atom is -0.494 e. The zero-order valence-electron chi connectivity index (χ0n) is 26.2. The number of benzene rings is 3. The maximum atomic E-state index is 14.4. The number of aliphatic hydroxyl groups is 3. The number of carboxylic acid groups (broad SMARTS) is 1. The number of aliphatic hydroxyl groups excluding tert-OH is 3. The molecule has 14 nitrogen and oxygen atoms in total. The van der Waals surface area contributed by atoms with Crippen LogP contribution in [0.4, 0.5) is 21.5 Å². The molecule has 256 valence electrons. The third-order valence-electron chi connectivity index (χ3n) is 8.20. The van der Waals surface area contributed by atoms with Gasteiger partial charge in [0.15, 0.2) is 17.7 Å². The first kappa shape index (κ1) is 34.5. The Labute approximate surface area is 275 Å². The molecule has 0 aromatic heterocycles. The quantitative estimate of drug-likeness (QED) is 0.194. The fourth-order valence-electron chi connectivity index (χ4n) is 5.45. The first-order valence-electron chi connectivity index (χ1n) is 15.2. The lowest BCUT2D eigenvalue weighted by Gasteiger charge is -2.38. The zero-order valence-corrected chi connectivity index (χ0v) is 26.2. The maximum absolute atomic E-state index is 14.4. The summed E-state index contributed by atoms with van der Waals surface area (Å²) in [6.07, 6.45) is -8.55. The lowest BCUT2D eigenvalue weighted by molar-refractivity contribution is -0.271. The number of likely N-dealkylation sites (N-methyl/N-ethyl adjacent to an activating group) is 1. The van der Waals surface area contributed by atoms with Crippen LogP contribution in [-0.2, 0) is 9.53 Å². The molecule has 2 heterocycles. The van der Waals surface area contributed by atoms with Crippen molar-refractivity contribution in [3.05, 3.63) is 77.6 Å². The van der Waals surface area contributed by atoms with Crippen molar-refractivity contribution >= 4 is 34.8 Å². The minimum absolute atomic E-state index is 0.00644.